The fourth-order valence-electron chi connectivity index (χ4n) is 1.98. The van der Waals surface area contributed by atoms with E-state index in [9.17, 15) is 0 Å². The molecule has 15 heavy (non-hydrogen) atoms. The van der Waals surface area contributed by atoms with Gasteiger partial charge in [-0.25, -0.2) is 0 Å². The molecule has 0 atom stereocenters. The van der Waals surface area contributed by atoms with Gasteiger partial charge in [0, 0.05) is 12.2 Å². The molecule has 0 heterocycles. The van der Waals surface area contributed by atoms with Crippen LogP contribution in [0.5, 0.6) is 0 Å². The first-order valence-electron chi connectivity index (χ1n) is 5.36. The largest absolute Gasteiger partial charge is 0.385 e. The predicted octanol–water partition coefficient (Wildman–Crippen LogP) is 3.27. The molecule has 2 rings (SSSR count). The zero-order chi connectivity index (χ0) is 10.8. The van der Waals surface area contributed by atoms with E-state index < -0.39 is 0 Å². The molecule has 1 aliphatic carbocycles. The van der Waals surface area contributed by atoms with E-state index in [4.69, 9.17) is 0 Å². The lowest BCUT2D eigenvalue weighted by molar-refractivity contribution is 0.814. The average molecular weight is 199 g/mol. The van der Waals surface area contributed by atoms with Crippen molar-refractivity contribution in [1.29, 1.82) is 0 Å². The summed E-state index contributed by atoms with van der Waals surface area (Å²) < 4.78 is 0. The quantitative estimate of drug-likeness (QED) is 0.787. The van der Waals surface area contributed by atoms with Crippen molar-refractivity contribution in [3.8, 4) is 0 Å². The van der Waals surface area contributed by atoms with Crippen molar-refractivity contribution < 1.29 is 0 Å². The minimum absolute atomic E-state index is 0.870. The van der Waals surface area contributed by atoms with Gasteiger partial charge >= 0.3 is 0 Å². The number of fused-ring (bicyclic) bond motifs is 1. The Hall–Kier alpha value is -1.50. The molecule has 1 nitrogen and oxygen atoms in total. The summed E-state index contributed by atoms with van der Waals surface area (Å²) >= 11 is 0. The first-order valence-corrected chi connectivity index (χ1v) is 5.36. The van der Waals surface area contributed by atoms with Gasteiger partial charge in [-0.2, -0.15) is 0 Å². The van der Waals surface area contributed by atoms with Gasteiger partial charge in [0.25, 0.3) is 0 Å². The summed E-state index contributed by atoms with van der Waals surface area (Å²) in [6.07, 6.45) is 2.27. The maximum Gasteiger partial charge on any atom is 0.0397 e. The lowest BCUT2D eigenvalue weighted by atomic mass is 10.1. The maximum absolute atomic E-state index is 4.07. The van der Waals surface area contributed by atoms with Crippen LogP contribution >= 0.6 is 0 Å². The fraction of sp³-hybridized carbons (Fsp3) is 0.286. The molecule has 0 amide bonds. The van der Waals surface area contributed by atoms with Crippen molar-refractivity contribution in [2.75, 3.05) is 0 Å². The van der Waals surface area contributed by atoms with Crippen molar-refractivity contribution in [2.45, 2.75) is 26.3 Å². The number of nitrogens with one attached hydrogen (secondary N) is 1. The first-order chi connectivity index (χ1) is 7.16. The minimum Gasteiger partial charge on any atom is -0.385 e. The summed E-state index contributed by atoms with van der Waals surface area (Å²) in [5.41, 5.74) is 6.42. The first kappa shape index (κ1) is 10.0. The van der Waals surface area contributed by atoms with Gasteiger partial charge in [0.1, 0.15) is 0 Å². The number of rotatable bonds is 3. The second-order valence-electron chi connectivity index (χ2n) is 4.23. The summed E-state index contributed by atoms with van der Waals surface area (Å²) in [7, 11) is 0. The Morgan fingerprint density at radius 3 is 2.93 bits per heavy atom. The van der Waals surface area contributed by atoms with Crippen LogP contribution in [0.15, 0.2) is 37.1 Å². The molecule has 0 saturated carbocycles. The molecule has 1 aliphatic rings. The number of benzene rings is 1. The Labute approximate surface area is 91.5 Å². The molecule has 1 aromatic carbocycles. The third-order valence-corrected chi connectivity index (χ3v) is 2.84. The summed E-state index contributed by atoms with van der Waals surface area (Å²) in [6, 6.07) is 6.65. The lowest BCUT2D eigenvalue weighted by Crippen LogP contribution is -2.09. The van der Waals surface area contributed by atoms with Crippen LogP contribution in [-0.2, 0) is 13.0 Å². The van der Waals surface area contributed by atoms with Crippen molar-refractivity contribution >= 4 is 5.57 Å². The van der Waals surface area contributed by atoms with E-state index in [2.05, 4.69) is 36.7 Å². The third kappa shape index (κ3) is 2.12. The number of aryl methyl sites for hydroxylation is 1. The smallest absolute Gasteiger partial charge is 0.0397 e. The Morgan fingerprint density at radius 1 is 1.40 bits per heavy atom. The van der Waals surface area contributed by atoms with Gasteiger partial charge < -0.3 is 5.32 Å². The lowest BCUT2D eigenvalue weighted by Gasteiger charge is -2.07. The van der Waals surface area contributed by atoms with E-state index in [1.165, 1.54) is 22.3 Å². The van der Waals surface area contributed by atoms with Crippen molar-refractivity contribution in [3.63, 3.8) is 0 Å². The number of hydrogen-bond acceptors (Lipinski definition) is 1. The second kappa shape index (κ2) is 3.93. The van der Waals surface area contributed by atoms with Gasteiger partial charge in [0.2, 0.25) is 0 Å². The zero-order valence-corrected chi connectivity index (χ0v) is 9.27. The summed E-state index contributed by atoms with van der Waals surface area (Å²) in [6.45, 7) is 10.8. The van der Waals surface area contributed by atoms with E-state index in [1.54, 1.807) is 0 Å². The summed E-state index contributed by atoms with van der Waals surface area (Å²) in [5, 5.41) is 3.25. The highest BCUT2D eigenvalue weighted by molar-refractivity contribution is 5.70. The van der Waals surface area contributed by atoms with Gasteiger partial charge in [0.05, 0.1) is 0 Å². The van der Waals surface area contributed by atoms with Crippen LogP contribution in [-0.4, -0.2) is 0 Å². The molecule has 0 radical (unpaired) electrons. The van der Waals surface area contributed by atoms with Gasteiger partial charge in [0.15, 0.2) is 0 Å². The Balaban J connectivity index is 2.16. The van der Waals surface area contributed by atoms with E-state index in [1.807, 2.05) is 6.92 Å². The van der Waals surface area contributed by atoms with Crippen LogP contribution in [0.3, 0.4) is 0 Å². The molecular formula is C14H17N. The van der Waals surface area contributed by atoms with Crippen LogP contribution in [0.2, 0.25) is 0 Å². The molecule has 78 valence electrons. The molecule has 1 aromatic rings. The van der Waals surface area contributed by atoms with Crippen molar-refractivity contribution in [3.05, 3.63) is 53.7 Å². The molecule has 0 aliphatic heterocycles. The SMILES string of the molecule is C=C(C)NCc1ccc2c(c1)CCC2=C. The van der Waals surface area contributed by atoms with Crippen LogP contribution in [0.1, 0.15) is 30.0 Å². The standard InChI is InChI=1S/C14H17N/c1-10(2)15-9-12-5-7-14-11(3)4-6-13(14)8-12/h5,7-8,15H,1,3-4,6,9H2,2H3. The van der Waals surface area contributed by atoms with Gasteiger partial charge in [-0.3, -0.25) is 0 Å². The minimum atomic E-state index is 0.870. The van der Waals surface area contributed by atoms with E-state index in [0.29, 0.717) is 0 Å². The van der Waals surface area contributed by atoms with Crippen LogP contribution in [0.25, 0.3) is 5.57 Å². The number of hydrogen-bond donors (Lipinski definition) is 1. The Morgan fingerprint density at radius 2 is 2.20 bits per heavy atom. The van der Waals surface area contributed by atoms with Gasteiger partial charge in [-0.05, 0) is 42.0 Å². The Kier molecular flexibility index (Phi) is 2.63. The highest BCUT2D eigenvalue weighted by Crippen LogP contribution is 2.31. The maximum atomic E-state index is 4.07. The summed E-state index contributed by atoms with van der Waals surface area (Å²) in [5.74, 6) is 0. The van der Waals surface area contributed by atoms with Gasteiger partial charge in [-0.15, -0.1) is 0 Å². The molecule has 0 saturated heterocycles. The Bertz CT molecular complexity index is 415. The monoisotopic (exact) mass is 199 g/mol. The normalized spacial score (nSPS) is 13.8. The molecule has 0 spiro atoms. The second-order valence-corrected chi connectivity index (χ2v) is 4.23. The van der Waals surface area contributed by atoms with Gasteiger partial charge in [-0.1, -0.05) is 31.4 Å². The van der Waals surface area contributed by atoms with E-state index in [0.717, 1.165) is 25.1 Å². The molecule has 0 unspecified atom stereocenters. The molecule has 0 fully saturated rings. The van der Waals surface area contributed by atoms with E-state index >= 15 is 0 Å². The molecule has 1 N–H and O–H groups in total. The van der Waals surface area contributed by atoms with Crippen molar-refractivity contribution in [2.24, 2.45) is 0 Å². The molecule has 1 heteroatoms. The highest BCUT2D eigenvalue weighted by Gasteiger charge is 2.13. The van der Waals surface area contributed by atoms with E-state index in [-0.39, 0.29) is 0 Å². The molecular weight excluding hydrogens is 182 g/mol. The average Bonchev–Trinajstić information content (AvgIpc) is 2.57. The summed E-state index contributed by atoms with van der Waals surface area (Å²) in [4.78, 5) is 0. The zero-order valence-electron chi connectivity index (χ0n) is 9.27. The third-order valence-electron chi connectivity index (χ3n) is 2.84. The van der Waals surface area contributed by atoms with Crippen LogP contribution in [0.4, 0.5) is 0 Å². The predicted molar refractivity (Wildman–Crippen MR) is 65.5 cm³/mol. The highest BCUT2D eigenvalue weighted by atomic mass is 14.9. The topological polar surface area (TPSA) is 12.0 Å². The van der Waals surface area contributed by atoms with Crippen LogP contribution in [0, 0.1) is 0 Å². The molecule has 0 aromatic heterocycles. The number of allylic oxidation sites excluding steroid dienone is 2. The van der Waals surface area contributed by atoms with Crippen molar-refractivity contribution in [1.82, 2.24) is 5.32 Å². The fourth-order valence-corrected chi connectivity index (χ4v) is 1.98. The van der Waals surface area contributed by atoms with Crippen LogP contribution < -0.4 is 5.32 Å². The molecule has 0 bridgehead atoms.